The van der Waals surface area contributed by atoms with Crippen LogP contribution < -0.4 is 11.1 Å². The lowest BCUT2D eigenvalue weighted by Crippen LogP contribution is -2.51. The topological polar surface area (TPSA) is 124 Å². The maximum absolute atomic E-state index is 13.7. The van der Waals surface area contributed by atoms with E-state index in [0.29, 0.717) is 25.9 Å². The van der Waals surface area contributed by atoms with Crippen LogP contribution >= 0.6 is 0 Å². The molecule has 3 atom stereocenters. The van der Waals surface area contributed by atoms with Crippen molar-refractivity contribution in [3.8, 4) is 0 Å². The van der Waals surface area contributed by atoms with Gasteiger partial charge in [0.1, 0.15) is 6.04 Å². The molecule has 2 aromatic carbocycles. The lowest BCUT2D eigenvalue weighted by molar-refractivity contribution is -0.143. The first-order valence-corrected chi connectivity index (χ1v) is 13.2. The van der Waals surface area contributed by atoms with Crippen LogP contribution in [0.2, 0.25) is 0 Å². The number of aromatic nitrogens is 2. The van der Waals surface area contributed by atoms with Crippen molar-refractivity contribution < 1.29 is 14.4 Å². The van der Waals surface area contributed by atoms with Crippen LogP contribution in [0.1, 0.15) is 29.7 Å². The number of fused-ring (bicyclic) bond motifs is 4. The number of aromatic amines is 2. The summed E-state index contributed by atoms with van der Waals surface area (Å²) in [6.07, 6.45) is 7.77. The first kappa shape index (κ1) is 24.0. The van der Waals surface area contributed by atoms with E-state index in [9.17, 15) is 14.4 Å². The number of nitrogens with two attached hydrogens (primary N) is 1. The number of carbonyl (C=O) groups excluding carboxylic acids is 3. The van der Waals surface area contributed by atoms with Gasteiger partial charge in [-0.05, 0) is 42.5 Å². The molecule has 0 fully saturated rings. The molecule has 5 N–H and O–H groups in total. The van der Waals surface area contributed by atoms with E-state index in [2.05, 4.69) is 27.4 Å². The zero-order valence-electron chi connectivity index (χ0n) is 21.1. The summed E-state index contributed by atoms with van der Waals surface area (Å²) in [5.74, 6) is -1.96. The van der Waals surface area contributed by atoms with Gasteiger partial charge in [-0.25, -0.2) is 0 Å². The number of primary amides is 1. The number of carbonyl (C=O) groups is 3. The highest BCUT2D eigenvalue weighted by Gasteiger charge is 2.38. The molecule has 4 aromatic rings. The van der Waals surface area contributed by atoms with Crippen molar-refractivity contribution in [2.24, 2.45) is 17.6 Å². The van der Waals surface area contributed by atoms with Crippen molar-refractivity contribution >= 4 is 39.5 Å². The number of hydrogen-bond acceptors (Lipinski definition) is 3. The van der Waals surface area contributed by atoms with E-state index >= 15 is 0 Å². The third-order valence-electron chi connectivity index (χ3n) is 8.04. The molecule has 0 spiro atoms. The molecule has 8 heteroatoms. The fourth-order valence-electron chi connectivity index (χ4n) is 6.01. The minimum Gasteiger partial charge on any atom is -0.368 e. The smallest absolute Gasteiger partial charge is 0.240 e. The second-order valence-electron chi connectivity index (χ2n) is 10.3. The van der Waals surface area contributed by atoms with Gasteiger partial charge in [-0.3, -0.25) is 14.4 Å². The maximum Gasteiger partial charge on any atom is 0.240 e. The Morgan fingerprint density at radius 1 is 0.974 bits per heavy atom. The molecule has 194 valence electrons. The summed E-state index contributed by atoms with van der Waals surface area (Å²) in [6, 6.07) is 15.1. The van der Waals surface area contributed by atoms with Crippen molar-refractivity contribution in [2.45, 2.75) is 38.3 Å². The van der Waals surface area contributed by atoms with Gasteiger partial charge in [-0.1, -0.05) is 48.6 Å². The van der Waals surface area contributed by atoms with Crippen molar-refractivity contribution in [3.05, 3.63) is 83.7 Å². The summed E-state index contributed by atoms with van der Waals surface area (Å²) in [6.45, 7) is 1.12. The van der Waals surface area contributed by atoms with E-state index in [-0.39, 0.29) is 18.2 Å². The molecule has 6 rings (SSSR count). The normalized spacial score (nSPS) is 19.8. The van der Waals surface area contributed by atoms with E-state index < -0.39 is 23.8 Å². The Labute approximate surface area is 220 Å². The van der Waals surface area contributed by atoms with E-state index in [1.807, 2.05) is 59.6 Å². The minimum atomic E-state index is -0.868. The van der Waals surface area contributed by atoms with Gasteiger partial charge in [-0.2, -0.15) is 0 Å². The molecule has 2 aliphatic rings. The third kappa shape index (κ3) is 4.36. The second kappa shape index (κ2) is 9.85. The lowest BCUT2D eigenvalue weighted by Gasteiger charge is -2.34. The van der Waals surface area contributed by atoms with Gasteiger partial charge < -0.3 is 25.9 Å². The highest BCUT2D eigenvalue weighted by atomic mass is 16.2. The molecule has 38 heavy (non-hydrogen) atoms. The van der Waals surface area contributed by atoms with E-state index in [1.54, 1.807) is 0 Å². The molecule has 0 saturated carbocycles. The molecule has 8 nitrogen and oxygen atoms in total. The Bertz CT molecular complexity index is 1560. The Kier molecular flexibility index (Phi) is 6.23. The highest BCUT2D eigenvalue weighted by molar-refractivity contribution is 5.93. The number of nitrogens with one attached hydrogen (secondary N) is 3. The Hall–Kier alpha value is -4.33. The van der Waals surface area contributed by atoms with Crippen molar-refractivity contribution in [3.63, 3.8) is 0 Å². The van der Waals surface area contributed by atoms with Gasteiger partial charge in [0, 0.05) is 46.7 Å². The molecular formula is C30H31N5O3. The van der Waals surface area contributed by atoms with Gasteiger partial charge in [0.15, 0.2) is 0 Å². The third-order valence-corrected chi connectivity index (χ3v) is 8.04. The minimum absolute atomic E-state index is 0.0222. The number of hydrogen-bond donors (Lipinski definition) is 4. The van der Waals surface area contributed by atoms with E-state index in [1.165, 1.54) is 10.9 Å². The zero-order chi connectivity index (χ0) is 26.2. The van der Waals surface area contributed by atoms with Gasteiger partial charge in [0.05, 0.1) is 18.4 Å². The van der Waals surface area contributed by atoms with Crippen LogP contribution in [0.15, 0.2) is 66.9 Å². The van der Waals surface area contributed by atoms with Crippen LogP contribution in [0, 0.1) is 11.8 Å². The predicted molar refractivity (Wildman–Crippen MR) is 146 cm³/mol. The van der Waals surface area contributed by atoms with Crippen LogP contribution in [0.25, 0.3) is 21.8 Å². The quantitative estimate of drug-likeness (QED) is 0.298. The molecule has 3 heterocycles. The number of nitrogens with zero attached hydrogens (tertiary/aromatic N) is 1. The lowest BCUT2D eigenvalue weighted by atomic mass is 9.80. The molecule has 2 unspecified atom stereocenters. The van der Waals surface area contributed by atoms with Gasteiger partial charge >= 0.3 is 0 Å². The number of amides is 3. The Morgan fingerprint density at radius 2 is 1.68 bits per heavy atom. The zero-order valence-corrected chi connectivity index (χ0v) is 21.1. The number of allylic oxidation sites excluding steroid dienone is 2. The molecular weight excluding hydrogens is 478 g/mol. The van der Waals surface area contributed by atoms with Crippen molar-refractivity contribution in [1.82, 2.24) is 20.2 Å². The summed E-state index contributed by atoms with van der Waals surface area (Å²) < 4.78 is 0. The van der Waals surface area contributed by atoms with Gasteiger partial charge in [-0.15, -0.1) is 0 Å². The Morgan fingerprint density at radius 3 is 2.47 bits per heavy atom. The molecule has 1 aliphatic carbocycles. The number of H-pyrrole nitrogens is 2. The van der Waals surface area contributed by atoms with E-state index in [0.717, 1.165) is 34.1 Å². The fourth-order valence-corrected chi connectivity index (χ4v) is 6.01. The summed E-state index contributed by atoms with van der Waals surface area (Å²) in [5, 5.41) is 5.07. The average molecular weight is 510 g/mol. The first-order valence-electron chi connectivity index (χ1n) is 13.2. The first-order chi connectivity index (χ1) is 18.5. The van der Waals surface area contributed by atoms with Crippen molar-refractivity contribution in [1.29, 1.82) is 0 Å². The van der Waals surface area contributed by atoms with Crippen LogP contribution in [-0.4, -0.2) is 45.2 Å². The van der Waals surface area contributed by atoms with Gasteiger partial charge in [0.2, 0.25) is 17.7 Å². The standard InChI is InChI=1S/C30H31N5O3/c31-28(36)26(15-18-16-32-24-11-5-3-7-19(18)24)34-29(37)22-9-1-2-10-23(22)30(38)35-14-13-21-20-8-4-6-12-25(20)33-27(21)17-35/h1-8,11-12,16,22-23,26,32-33H,9-10,13-15,17H2,(H2,31,36)(H,34,37)/t22?,23?,26-/m0/s1. The van der Waals surface area contributed by atoms with Crippen LogP contribution in [0.5, 0.6) is 0 Å². The number of rotatable bonds is 6. The summed E-state index contributed by atoms with van der Waals surface area (Å²) in [5.41, 5.74) is 11.0. The molecule has 3 amide bonds. The predicted octanol–water partition coefficient (Wildman–Crippen LogP) is 3.33. The largest absolute Gasteiger partial charge is 0.368 e. The number of para-hydroxylation sites is 2. The summed E-state index contributed by atoms with van der Waals surface area (Å²) in [7, 11) is 0. The molecule has 1 aliphatic heterocycles. The molecule has 2 aromatic heterocycles. The second-order valence-corrected chi connectivity index (χ2v) is 10.3. The monoisotopic (exact) mass is 509 g/mol. The van der Waals surface area contributed by atoms with Crippen LogP contribution in [-0.2, 0) is 33.8 Å². The summed E-state index contributed by atoms with van der Waals surface area (Å²) in [4.78, 5) is 48.1. The fraction of sp³-hybridized carbons (Fsp3) is 0.300. The Balaban J connectivity index is 1.17. The number of benzene rings is 2. The molecule has 0 radical (unpaired) electrons. The van der Waals surface area contributed by atoms with Crippen molar-refractivity contribution in [2.75, 3.05) is 6.54 Å². The summed E-state index contributed by atoms with van der Waals surface area (Å²) >= 11 is 0. The van der Waals surface area contributed by atoms with Gasteiger partial charge in [0.25, 0.3) is 0 Å². The maximum atomic E-state index is 13.7. The molecule has 0 bridgehead atoms. The molecule has 0 saturated heterocycles. The van der Waals surface area contributed by atoms with Crippen LogP contribution in [0.3, 0.4) is 0 Å². The van der Waals surface area contributed by atoms with Crippen LogP contribution in [0.4, 0.5) is 0 Å². The van der Waals surface area contributed by atoms with E-state index in [4.69, 9.17) is 5.73 Å². The SMILES string of the molecule is NC(=O)[C@H](Cc1c[nH]c2ccccc12)NC(=O)C1CC=CCC1C(=O)N1CCc2c([nH]c3ccccc23)C1. The highest BCUT2D eigenvalue weighted by Crippen LogP contribution is 2.32. The average Bonchev–Trinajstić information content (AvgIpc) is 3.53.